The van der Waals surface area contributed by atoms with Crippen molar-refractivity contribution in [2.45, 2.75) is 19.3 Å². The molecule has 10 heteroatoms. The van der Waals surface area contributed by atoms with Crippen molar-refractivity contribution in [3.8, 4) is 22.9 Å². The minimum Gasteiger partial charge on any atom is -0.493 e. The second-order valence-corrected chi connectivity index (χ2v) is 5.61. The van der Waals surface area contributed by atoms with Crippen molar-refractivity contribution in [1.29, 1.82) is 0 Å². The Balaban J connectivity index is 2.00. The molecule has 2 rings (SSSR count). The predicted molar refractivity (Wildman–Crippen MR) is 91.4 cm³/mol. The molecule has 0 spiro atoms. The summed E-state index contributed by atoms with van der Waals surface area (Å²) in [5.41, 5.74) is 0.577. The summed E-state index contributed by atoms with van der Waals surface area (Å²) in [5.74, 6) is 0.146. The number of carbonyl (C=O) groups is 2. The average molecular weight is 384 g/mol. The fraction of sp³-hybridized carbons (Fsp3) is 0.375. The van der Waals surface area contributed by atoms with Gasteiger partial charge in [0.1, 0.15) is 0 Å². The van der Waals surface area contributed by atoms with Crippen LogP contribution in [0.15, 0.2) is 16.7 Å². The van der Waals surface area contributed by atoms with Crippen LogP contribution in [0.3, 0.4) is 0 Å². The minimum atomic E-state index is -0.972. The van der Waals surface area contributed by atoms with E-state index in [1.807, 2.05) is 0 Å². The van der Waals surface area contributed by atoms with Gasteiger partial charge in [-0.05, 0) is 12.1 Å². The zero-order valence-corrected chi connectivity index (χ0v) is 15.0. The second kappa shape index (κ2) is 9.04. The van der Waals surface area contributed by atoms with Crippen molar-refractivity contribution in [2.75, 3.05) is 20.8 Å². The first-order chi connectivity index (χ1) is 12.4. The van der Waals surface area contributed by atoms with Crippen molar-refractivity contribution in [3.63, 3.8) is 0 Å². The van der Waals surface area contributed by atoms with Gasteiger partial charge in [0.05, 0.1) is 25.7 Å². The Morgan fingerprint density at radius 1 is 1.27 bits per heavy atom. The third kappa shape index (κ3) is 5.09. The maximum atomic E-state index is 11.6. The molecule has 0 aliphatic carbocycles. The molecule has 0 aliphatic rings. The molecule has 1 aromatic heterocycles. The fourth-order valence-corrected chi connectivity index (χ4v) is 2.43. The largest absolute Gasteiger partial charge is 0.493 e. The first kappa shape index (κ1) is 19.5. The third-order valence-electron chi connectivity index (χ3n) is 3.39. The fourth-order valence-electron chi connectivity index (χ4n) is 2.14. The lowest BCUT2D eigenvalue weighted by Gasteiger charge is -2.10. The number of ether oxygens (including phenoxy) is 2. The Kier molecular flexibility index (Phi) is 6.79. The normalized spacial score (nSPS) is 10.4. The van der Waals surface area contributed by atoms with E-state index < -0.39 is 5.97 Å². The van der Waals surface area contributed by atoms with E-state index in [4.69, 9.17) is 30.7 Å². The summed E-state index contributed by atoms with van der Waals surface area (Å²) in [6.45, 7) is 0.0768. The second-order valence-electron chi connectivity index (χ2n) is 5.20. The molecule has 0 atom stereocenters. The Morgan fingerprint density at radius 2 is 2.04 bits per heavy atom. The van der Waals surface area contributed by atoms with Crippen LogP contribution in [0.4, 0.5) is 0 Å². The van der Waals surface area contributed by atoms with E-state index in [0.29, 0.717) is 27.9 Å². The van der Waals surface area contributed by atoms with Gasteiger partial charge in [-0.25, -0.2) is 0 Å². The summed E-state index contributed by atoms with van der Waals surface area (Å²) >= 11 is 6.16. The number of methoxy groups -OCH3 is 2. The molecule has 0 bridgehead atoms. The van der Waals surface area contributed by atoms with Gasteiger partial charge in [0.25, 0.3) is 0 Å². The van der Waals surface area contributed by atoms with Gasteiger partial charge in [-0.3, -0.25) is 9.59 Å². The summed E-state index contributed by atoms with van der Waals surface area (Å²) in [5, 5.41) is 15.2. The van der Waals surface area contributed by atoms with Crippen LogP contribution in [0.2, 0.25) is 5.02 Å². The molecule has 140 valence electrons. The van der Waals surface area contributed by atoms with Crippen LogP contribution in [0.1, 0.15) is 18.7 Å². The quantitative estimate of drug-likeness (QED) is 0.673. The van der Waals surface area contributed by atoms with E-state index >= 15 is 0 Å². The number of aliphatic carboxylic acids is 1. The lowest BCUT2D eigenvalue weighted by molar-refractivity contribution is -0.136. The number of hydrogen-bond acceptors (Lipinski definition) is 7. The highest BCUT2D eigenvalue weighted by Crippen LogP contribution is 2.38. The molecule has 0 saturated carbocycles. The number of hydrogen-bond donors (Lipinski definition) is 2. The Morgan fingerprint density at radius 3 is 2.69 bits per heavy atom. The number of benzene rings is 1. The Labute approximate surface area is 154 Å². The van der Waals surface area contributed by atoms with Crippen LogP contribution in [0, 0.1) is 0 Å². The van der Waals surface area contributed by atoms with Crippen LogP contribution in [0.25, 0.3) is 11.4 Å². The SMILES string of the molecule is COc1cc(-c2noc(CCC(=O)NCCC(=O)O)n2)cc(Cl)c1OC. The summed E-state index contributed by atoms with van der Waals surface area (Å²) in [4.78, 5) is 26.3. The number of carboxylic acid groups (broad SMARTS) is 1. The van der Waals surface area contributed by atoms with Crippen molar-refractivity contribution < 1.29 is 28.7 Å². The van der Waals surface area contributed by atoms with Gasteiger partial charge in [0.15, 0.2) is 11.5 Å². The van der Waals surface area contributed by atoms with E-state index in [-0.39, 0.29) is 37.6 Å². The van der Waals surface area contributed by atoms with Gasteiger partial charge in [-0.15, -0.1) is 0 Å². The number of nitrogens with one attached hydrogen (secondary N) is 1. The first-order valence-corrected chi connectivity index (χ1v) is 8.05. The Bertz CT molecular complexity index is 792. The smallest absolute Gasteiger partial charge is 0.305 e. The third-order valence-corrected chi connectivity index (χ3v) is 3.67. The molecule has 0 unspecified atom stereocenters. The topological polar surface area (TPSA) is 124 Å². The zero-order valence-electron chi connectivity index (χ0n) is 14.2. The van der Waals surface area contributed by atoms with E-state index in [1.54, 1.807) is 12.1 Å². The maximum Gasteiger partial charge on any atom is 0.305 e. The number of halogens is 1. The maximum absolute atomic E-state index is 11.6. The summed E-state index contributed by atoms with van der Waals surface area (Å²) in [6.07, 6.45) is 0.206. The van der Waals surface area contributed by atoms with E-state index in [0.717, 1.165) is 0 Å². The molecule has 2 aromatic rings. The van der Waals surface area contributed by atoms with E-state index in [2.05, 4.69) is 15.5 Å². The molecule has 2 N–H and O–H groups in total. The molecule has 1 amide bonds. The van der Waals surface area contributed by atoms with Crippen molar-refractivity contribution in [3.05, 3.63) is 23.0 Å². The van der Waals surface area contributed by atoms with Gasteiger partial charge in [0, 0.05) is 24.9 Å². The van der Waals surface area contributed by atoms with Crippen molar-refractivity contribution in [2.24, 2.45) is 0 Å². The van der Waals surface area contributed by atoms with Gasteiger partial charge in [-0.2, -0.15) is 4.98 Å². The molecule has 0 radical (unpaired) electrons. The van der Waals surface area contributed by atoms with E-state index in [1.165, 1.54) is 14.2 Å². The van der Waals surface area contributed by atoms with Crippen molar-refractivity contribution >= 4 is 23.5 Å². The lowest BCUT2D eigenvalue weighted by Crippen LogP contribution is -2.26. The highest BCUT2D eigenvalue weighted by molar-refractivity contribution is 6.32. The number of amides is 1. The van der Waals surface area contributed by atoms with E-state index in [9.17, 15) is 9.59 Å². The first-order valence-electron chi connectivity index (χ1n) is 7.67. The van der Waals surface area contributed by atoms with Gasteiger partial charge in [0.2, 0.25) is 17.6 Å². The van der Waals surface area contributed by atoms with Gasteiger partial charge in [-0.1, -0.05) is 16.8 Å². The minimum absolute atomic E-state index is 0.0768. The summed E-state index contributed by atoms with van der Waals surface area (Å²) < 4.78 is 15.5. The van der Waals surface area contributed by atoms with Crippen LogP contribution in [-0.2, 0) is 16.0 Å². The zero-order chi connectivity index (χ0) is 19.1. The molecule has 26 heavy (non-hydrogen) atoms. The monoisotopic (exact) mass is 383 g/mol. The van der Waals surface area contributed by atoms with Crippen LogP contribution in [-0.4, -0.2) is 47.9 Å². The lowest BCUT2D eigenvalue weighted by atomic mass is 10.2. The van der Waals surface area contributed by atoms with Crippen molar-refractivity contribution in [1.82, 2.24) is 15.5 Å². The van der Waals surface area contributed by atoms with Gasteiger partial charge < -0.3 is 24.4 Å². The van der Waals surface area contributed by atoms with Gasteiger partial charge >= 0.3 is 5.97 Å². The van der Waals surface area contributed by atoms with Crippen LogP contribution >= 0.6 is 11.6 Å². The number of nitrogens with zero attached hydrogens (tertiary/aromatic N) is 2. The molecule has 0 aliphatic heterocycles. The Hall–Kier alpha value is -2.81. The highest BCUT2D eigenvalue weighted by atomic mass is 35.5. The summed E-state index contributed by atoms with van der Waals surface area (Å²) in [6, 6.07) is 3.29. The number of rotatable bonds is 9. The number of carboxylic acids is 1. The molecular weight excluding hydrogens is 366 g/mol. The highest BCUT2D eigenvalue weighted by Gasteiger charge is 2.16. The molecule has 9 nitrogen and oxygen atoms in total. The number of aromatic nitrogens is 2. The van der Waals surface area contributed by atoms with Crippen LogP contribution in [0.5, 0.6) is 11.5 Å². The molecule has 0 saturated heterocycles. The molecular formula is C16H18ClN3O6. The summed E-state index contributed by atoms with van der Waals surface area (Å²) in [7, 11) is 2.97. The molecule has 0 fully saturated rings. The predicted octanol–water partition coefficient (Wildman–Crippen LogP) is 1.93. The standard InChI is InChI=1S/C16H18ClN3O6/c1-24-11-8-9(7-10(17)15(11)25-2)16-19-13(26-20-16)4-3-12(21)18-6-5-14(22)23/h7-8H,3-6H2,1-2H3,(H,18,21)(H,22,23). The molecule has 1 aromatic carbocycles. The average Bonchev–Trinajstić information content (AvgIpc) is 3.08. The number of carbonyl (C=O) groups excluding carboxylic acids is 1. The molecule has 1 heterocycles. The van der Waals surface area contributed by atoms with Crippen LogP contribution < -0.4 is 14.8 Å². The number of aryl methyl sites for hydroxylation is 1.